The molecule has 1 nitrogen and oxygen atoms in total. The van der Waals surface area contributed by atoms with E-state index in [0.29, 0.717) is 5.92 Å². The van der Waals surface area contributed by atoms with Gasteiger partial charge in [0.25, 0.3) is 0 Å². The van der Waals surface area contributed by atoms with Gasteiger partial charge in [0.2, 0.25) is 0 Å². The Labute approximate surface area is 57.9 Å². The zero-order valence-corrected chi connectivity index (χ0v) is 6.14. The molecule has 1 fully saturated rings. The first-order valence-electron chi connectivity index (χ1n) is 3.99. The quantitative estimate of drug-likeness (QED) is 0.507. The monoisotopic (exact) mass is 126 g/mol. The number of rotatable bonds is 1. The zero-order chi connectivity index (χ0) is 6.69. The Kier molecular flexibility index (Phi) is 2.58. The van der Waals surface area contributed by atoms with Crippen LogP contribution < -0.4 is 0 Å². The molecular formula is C7H15BO. The van der Waals surface area contributed by atoms with E-state index >= 15 is 0 Å². The fourth-order valence-electron chi connectivity index (χ4n) is 1.62. The van der Waals surface area contributed by atoms with Crippen LogP contribution in [0, 0.1) is 5.92 Å². The van der Waals surface area contributed by atoms with Crippen LogP contribution in [-0.2, 0) is 0 Å². The Morgan fingerprint density at radius 2 is 1.78 bits per heavy atom. The summed E-state index contributed by atoms with van der Waals surface area (Å²) in [6.07, 6.45) is 6.53. The molecule has 1 rings (SSSR count). The van der Waals surface area contributed by atoms with Crippen LogP contribution in [0.25, 0.3) is 0 Å². The fraction of sp³-hybridized carbons (Fsp3) is 1.00. The van der Waals surface area contributed by atoms with Crippen molar-refractivity contribution in [2.24, 2.45) is 5.92 Å². The maximum Gasteiger partial charge on any atom is 0.139 e. The first-order valence-corrected chi connectivity index (χ1v) is 3.99. The van der Waals surface area contributed by atoms with Gasteiger partial charge in [-0.25, -0.2) is 0 Å². The third kappa shape index (κ3) is 2.01. The highest BCUT2D eigenvalue weighted by molar-refractivity contribution is 6.10. The van der Waals surface area contributed by atoms with Gasteiger partial charge < -0.3 is 5.11 Å². The smallest absolute Gasteiger partial charge is 0.139 e. The predicted octanol–water partition coefficient (Wildman–Crippen LogP) is 0.518. The Morgan fingerprint density at radius 3 is 2.11 bits per heavy atom. The van der Waals surface area contributed by atoms with Crippen LogP contribution in [0.3, 0.4) is 0 Å². The standard InChI is InChI=1S/C7H15BO/c8-7(9)6-4-2-1-3-5-6/h6-7,9H,1-5,8H2. The highest BCUT2D eigenvalue weighted by Gasteiger charge is 2.16. The minimum atomic E-state index is -0.0645. The van der Waals surface area contributed by atoms with Gasteiger partial charge in [0.1, 0.15) is 7.85 Å². The summed E-state index contributed by atoms with van der Waals surface area (Å²) in [6.45, 7) is 0. The van der Waals surface area contributed by atoms with Crippen LogP contribution in [0.4, 0.5) is 0 Å². The van der Waals surface area contributed by atoms with Crippen LogP contribution in [0.15, 0.2) is 0 Å². The number of aliphatic hydroxyl groups excluding tert-OH is 1. The van der Waals surface area contributed by atoms with Crippen molar-refractivity contribution >= 4 is 7.85 Å². The molecule has 0 heterocycles. The molecule has 0 spiro atoms. The van der Waals surface area contributed by atoms with Crippen LogP contribution in [0.2, 0.25) is 0 Å². The summed E-state index contributed by atoms with van der Waals surface area (Å²) < 4.78 is 0. The molecule has 1 N–H and O–H groups in total. The van der Waals surface area contributed by atoms with Gasteiger partial charge in [-0.15, -0.1) is 0 Å². The lowest BCUT2D eigenvalue weighted by molar-refractivity contribution is 0.152. The van der Waals surface area contributed by atoms with Crippen molar-refractivity contribution in [1.82, 2.24) is 0 Å². The molecule has 0 amide bonds. The zero-order valence-electron chi connectivity index (χ0n) is 6.14. The molecule has 52 valence electrons. The van der Waals surface area contributed by atoms with E-state index in [2.05, 4.69) is 0 Å². The molecule has 2 heteroatoms. The molecule has 0 aromatic rings. The Bertz CT molecular complexity index is 77.0. The van der Waals surface area contributed by atoms with Crippen LogP contribution >= 0.6 is 0 Å². The molecule has 1 aliphatic rings. The number of aliphatic hydroxyl groups is 1. The molecule has 0 bridgehead atoms. The second kappa shape index (κ2) is 3.26. The Hall–Kier alpha value is 0.0249. The average molecular weight is 126 g/mol. The van der Waals surface area contributed by atoms with Gasteiger partial charge in [0.05, 0.1) is 0 Å². The second-order valence-corrected chi connectivity index (χ2v) is 3.14. The highest BCUT2D eigenvalue weighted by Crippen LogP contribution is 2.24. The molecule has 1 atom stereocenters. The SMILES string of the molecule is BC(O)C1CCCCC1. The van der Waals surface area contributed by atoms with Crippen molar-refractivity contribution in [3.63, 3.8) is 0 Å². The van der Waals surface area contributed by atoms with Gasteiger partial charge in [-0.2, -0.15) is 0 Å². The van der Waals surface area contributed by atoms with E-state index in [1.807, 2.05) is 7.85 Å². The van der Waals surface area contributed by atoms with E-state index < -0.39 is 0 Å². The number of hydrogen-bond donors (Lipinski definition) is 1. The molecule has 0 aliphatic heterocycles. The van der Waals surface area contributed by atoms with Crippen molar-refractivity contribution in [2.45, 2.75) is 38.1 Å². The summed E-state index contributed by atoms with van der Waals surface area (Å²) in [7, 11) is 1.91. The van der Waals surface area contributed by atoms with Crippen molar-refractivity contribution in [3.8, 4) is 0 Å². The van der Waals surface area contributed by atoms with Gasteiger partial charge in [-0.1, -0.05) is 19.3 Å². The van der Waals surface area contributed by atoms with E-state index in [1.54, 1.807) is 0 Å². The Morgan fingerprint density at radius 1 is 1.22 bits per heavy atom. The summed E-state index contributed by atoms with van der Waals surface area (Å²) in [6, 6.07) is -0.0645. The normalized spacial score (nSPS) is 25.9. The first-order chi connectivity index (χ1) is 4.30. The summed E-state index contributed by atoms with van der Waals surface area (Å²) in [5.74, 6) is 0.610. The third-order valence-electron chi connectivity index (χ3n) is 2.33. The third-order valence-corrected chi connectivity index (χ3v) is 2.33. The van der Waals surface area contributed by atoms with Crippen molar-refractivity contribution in [2.75, 3.05) is 0 Å². The van der Waals surface area contributed by atoms with Crippen LogP contribution in [0.5, 0.6) is 0 Å². The van der Waals surface area contributed by atoms with Gasteiger partial charge in [-0.3, -0.25) is 0 Å². The second-order valence-electron chi connectivity index (χ2n) is 3.14. The largest absolute Gasteiger partial charge is 0.402 e. The Balaban J connectivity index is 2.23. The lowest BCUT2D eigenvalue weighted by Gasteiger charge is -2.23. The number of hydrogen-bond acceptors (Lipinski definition) is 1. The van der Waals surface area contributed by atoms with E-state index in [-0.39, 0.29) is 6.00 Å². The summed E-state index contributed by atoms with van der Waals surface area (Å²) in [5.41, 5.74) is 0. The summed E-state index contributed by atoms with van der Waals surface area (Å²) in [5, 5.41) is 9.18. The molecule has 9 heavy (non-hydrogen) atoms. The lowest BCUT2D eigenvalue weighted by Crippen LogP contribution is -2.22. The maximum atomic E-state index is 9.18. The molecule has 1 saturated carbocycles. The fourth-order valence-corrected chi connectivity index (χ4v) is 1.62. The van der Waals surface area contributed by atoms with E-state index in [4.69, 9.17) is 0 Å². The minimum absolute atomic E-state index is 0.0645. The highest BCUT2D eigenvalue weighted by atomic mass is 16.3. The predicted molar refractivity (Wildman–Crippen MR) is 41.1 cm³/mol. The molecule has 0 aromatic heterocycles. The topological polar surface area (TPSA) is 20.2 Å². The molecule has 0 radical (unpaired) electrons. The summed E-state index contributed by atoms with van der Waals surface area (Å²) >= 11 is 0. The van der Waals surface area contributed by atoms with Crippen molar-refractivity contribution in [1.29, 1.82) is 0 Å². The van der Waals surface area contributed by atoms with E-state index in [0.717, 1.165) is 0 Å². The first kappa shape index (κ1) is 7.14. The summed E-state index contributed by atoms with van der Waals surface area (Å²) in [4.78, 5) is 0. The average Bonchev–Trinajstić information content (AvgIpc) is 1.90. The van der Waals surface area contributed by atoms with Crippen LogP contribution in [0.1, 0.15) is 32.1 Å². The minimum Gasteiger partial charge on any atom is -0.402 e. The lowest BCUT2D eigenvalue weighted by atomic mass is 9.77. The van der Waals surface area contributed by atoms with E-state index in [1.165, 1.54) is 32.1 Å². The van der Waals surface area contributed by atoms with Crippen molar-refractivity contribution in [3.05, 3.63) is 0 Å². The van der Waals surface area contributed by atoms with Crippen LogP contribution in [-0.4, -0.2) is 19.0 Å². The van der Waals surface area contributed by atoms with Crippen molar-refractivity contribution < 1.29 is 5.11 Å². The maximum absolute atomic E-state index is 9.18. The van der Waals surface area contributed by atoms with Gasteiger partial charge in [0.15, 0.2) is 0 Å². The molecule has 0 aromatic carbocycles. The molecule has 1 aliphatic carbocycles. The van der Waals surface area contributed by atoms with Gasteiger partial charge >= 0.3 is 0 Å². The molecular weight excluding hydrogens is 111 g/mol. The van der Waals surface area contributed by atoms with E-state index in [9.17, 15) is 5.11 Å². The van der Waals surface area contributed by atoms with Gasteiger partial charge in [0, 0.05) is 6.00 Å². The molecule has 1 unspecified atom stereocenters. The van der Waals surface area contributed by atoms with Gasteiger partial charge in [-0.05, 0) is 18.8 Å². The molecule has 0 saturated heterocycles.